The Balaban J connectivity index is 1.90. The number of ether oxygens (including phenoxy) is 3. The summed E-state index contributed by atoms with van der Waals surface area (Å²) < 4.78 is 16.8. The predicted octanol–water partition coefficient (Wildman–Crippen LogP) is 3.59. The Morgan fingerprint density at radius 3 is 2.26 bits per heavy atom. The molecule has 9 heteroatoms. The predicted molar refractivity (Wildman–Crippen MR) is 119 cm³/mol. The van der Waals surface area contributed by atoms with Crippen LogP contribution in [0.2, 0.25) is 5.02 Å². The van der Waals surface area contributed by atoms with Crippen molar-refractivity contribution in [2.45, 2.75) is 39.3 Å². The summed E-state index contributed by atoms with van der Waals surface area (Å²) in [5.41, 5.74) is 1.00. The van der Waals surface area contributed by atoms with Gasteiger partial charge in [0.2, 0.25) is 5.95 Å². The molecule has 2 heterocycles. The molecule has 0 atom stereocenters. The molecule has 166 valence electrons. The van der Waals surface area contributed by atoms with Gasteiger partial charge in [-0.3, -0.25) is 0 Å². The van der Waals surface area contributed by atoms with Crippen LogP contribution in [-0.2, 0) is 6.54 Å². The van der Waals surface area contributed by atoms with E-state index in [1.807, 2.05) is 32.0 Å². The van der Waals surface area contributed by atoms with Crippen LogP contribution in [0, 0.1) is 11.3 Å². The zero-order valence-corrected chi connectivity index (χ0v) is 18.7. The van der Waals surface area contributed by atoms with Crippen LogP contribution >= 0.6 is 11.6 Å². The molecule has 1 aromatic heterocycles. The molecule has 1 N–H and O–H groups in total. The van der Waals surface area contributed by atoms with Gasteiger partial charge in [0, 0.05) is 12.6 Å². The quantitative estimate of drug-likeness (QED) is 0.593. The first-order chi connectivity index (χ1) is 15.2. The zero-order chi connectivity index (χ0) is 22.1. The van der Waals surface area contributed by atoms with Crippen LogP contribution in [0.3, 0.4) is 0 Å². The Kier molecular flexibility index (Phi) is 8.56. The third-order valence-corrected chi connectivity index (χ3v) is 5.32. The molecule has 0 bridgehead atoms. The number of nitrogens with zero attached hydrogens (tertiary/aromatic N) is 4. The minimum Gasteiger partial charge on any atom is -0.492 e. The fourth-order valence-electron chi connectivity index (χ4n) is 3.56. The van der Waals surface area contributed by atoms with Crippen molar-refractivity contribution < 1.29 is 14.2 Å². The fourth-order valence-corrected chi connectivity index (χ4v) is 3.78. The van der Waals surface area contributed by atoms with E-state index in [4.69, 9.17) is 31.1 Å². The molecule has 0 unspecified atom stereocenters. The largest absolute Gasteiger partial charge is 0.492 e. The second-order valence-corrected chi connectivity index (χ2v) is 7.42. The zero-order valence-electron chi connectivity index (χ0n) is 17.9. The van der Waals surface area contributed by atoms with E-state index in [1.54, 1.807) is 12.4 Å². The Morgan fingerprint density at radius 1 is 1.10 bits per heavy atom. The lowest BCUT2D eigenvalue weighted by atomic mass is 10.0. The van der Waals surface area contributed by atoms with Crippen molar-refractivity contribution >= 4 is 17.5 Å². The van der Waals surface area contributed by atoms with Crippen molar-refractivity contribution in [3.63, 3.8) is 0 Å². The number of halogens is 1. The van der Waals surface area contributed by atoms with Gasteiger partial charge in [-0.2, -0.15) is 5.26 Å². The van der Waals surface area contributed by atoms with E-state index in [0.29, 0.717) is 48.0 Å². The first kappa shape index (κ1) is 22.9. The maximum absolute atomic E-state index is 8.69. The van der Waals surface area contributed by atoms with Gasteiger partial charge in [-0.15, -0.1) is 0 Å². The number of aromatic nitrogens is 2. The number of hydrogen-bond donors (Lipinski definition) is 1. The number of benzene rings is 1. The standard InChI is InChI=1S/C22H28ClN5O3/c1-3-29-19-11-16(12-20(21(19)23)30-4-2)15-28(17-5-8-25-9-6-17)22-26-13-18(14-27-22)31-10-7-24/h11-14,17,25H,3-6,8-10,15H2,1-2H3. The van der Waals surface area contributed by atoms with Crippen molar-refractivity contribution in [3.05, 3.63) is 35.1 Å². The van der Waals surface area contributed by atoms with Crippen molar-refractivity contribution in [1.82, 2.24) is 15.3 Å². The summed E-state index contributed by atoms with van der Waals surface area (Å²) in [5.74, 6) is 2.30. The summed E-state index contributed by atoms with van der Waals surface area (Å²) in [6.07, 6.45) is 5.18. The lowest BCUT2D eigenvalue weighted by Gasteiger charge is -2.35. The summed E-state index contributed by atoms with van der Waals surface area (Å²) in [6, 6.07) is 6.13. The van der Waals surface area contributed by atoms with E-state index in [2.05, 4.69) is 20.2 Å². The second-order valence-electron chi connectivity index (χ2n) is 7.05. The van der Waals surface area contributed by atoms with Crippen LogP contribution in [-0.4, -0.2) is 48.9 Å². The normalized spacial score (nSPS) is 14.0. The number of anilines is 1. The molecular weight excluding hydrogens is 418 g/mol. The third-order valence-electron chi connectivity index (χ3n) is 4.94. The molecule has 0 aliphatic carbocycles. The fraction of sp³-hybridized carbons (Fsp3) is 0.500. The van der Waals surface area contributed by atoms with Gasteiger partial charge in [0.25, 0.3) is 0 Å². The van der Waals surface area contributed by atoms with Crippen molar-refractivity contribution in [3.8, 4) is 23.3 Å². The van der Waals surface area contributed by atoms with Gasteiger partial charge in [-0.25, -0.2) is 9.97 Å². The Morgan fingerprint density at radius 2 is 1.71 bits per heavy atom. The van der Waals surface area contributed by atoms with Gasteiger partial charge in [0.05, 0.1) is 25.6 Å². The van der Waals surface area contributed by atoms with Gasteiger partial charge in [-0.05, 0) is 57.5 Å². The second kappa shape index (κ2) is 11.6. The average molecular weight is 446 g/mol. The van der Waals surface area contributed by atoms with Gasteiger partial charge in [0.1, 0.15) is 22.6 Å². The average Bonchev–Trinajstić information content (AvgIpc) is 2.80. The minimum atomic E-state index is -0.0358. The van der Waals surface area contributed by atoms with E-state index >= 15 is 0 Å². The summed E-state index contributed by atoms with van der Waals surface area (Å²) in [5, 5.41) is 12.6. The first-order valence-electron chi connectivity index (χ1n) is 10.5. The van der Waals surface area contributed by atoms with E-state index in [-0.39, 0.29) is 12.6 Å². The van der Waals surface area contributed by atoms with Crippen molar-refractivity contribution in [2.75, 3.05) is 37.8 Å². The molecule has 0 spiro atoms. The highest BCUT2D eigenvalue weighted by molar-refractivity contribution is 6.33. The molecule has 8 nitrogen and oxygen atoms in total. The molecule has 3 rings (SSSR count). The maximum Gasteiger partial charge on any atom is 0.226 e. The van der Waals surface area contributed by atoms with Gasteiger partial charge in [-0.1, -0.05) is 11.6 Å². The highest BCUT2D eigenvalue weighted by Gasteiger charge is 2.24. The number of nitriles is 1. The lowest BCUT2D eigenvalue weighted by molar-refractivity contribution is 0.322. The van der Waals surface area contributed by atoms with Crippen molar-refractivity contribution in [2.24, 2.45) is 0 Å². The molecular formula is C22H28ClN5O3. The molecule has 1 aromatic carbocycles. The van der Waals surface area contributed by atoms with Gasteiger partial charge in [0.15, 0.2) is 12.4 Å². The highest BCUT2D eigenvalue weighted by atomic mass is 35.5. The van der Waals surface area contributed by atoms with Crippen LogP contribution in [0.4, 0.5) is 5.95 Å². The van der Waals surface area contributed by atoms with E-state index in [9.17, 15) is 0 Å². The summed E-state index contributed by atoms with van der Waals surface area (Å²) in [7, 11) is 0. The van der Waals surface area contributed by atoms with Crippen LogP contribution in [0.25, 0.3) is 0 Å². The molecule has 1 aliphatic rings. The van der Waals surface area contributed by atoms with E-state index in [0.717, 1.165) is 31.5 Å². The molecule has 1 saturated heterocycles. The third kappa shape index (κ3) is 6.12. The molecule has 0 radical (unpaired) electrons. The molecule has 1 fully saturated rings. The Bertz CT molecular complexity index is 855. The minimum absolute atomic E-state index is 0.0358. The molecule has 2 aromatic rings. The van der Waals surface area contributed by atoms with Gasteiger partial charge >= 0.3 is 0 Å². The summed E-state index contributed by atoms with van der Waals surface area (Å²) in [6.45, 7) is 7.31. The molecule has 1 aliphatic heterocycles. The highest BCUT2D eigenvalue weighted by Crippen LogP contribution is 2.37. The summed E-state index contributed by atoms with van der Waals surface area (Å²) in [4.78, 5) is 11.2. The number of rotatable bonds is 10. The Labute approximate surface area is 188 Å². The number of piperidine rings is 1. The topological polar surface area (TPSA) is 92.5 Å². The first-order valence-corrected chi connectivity index (χ1v) is 10.9. The molecule has 31 heavy (non-hydrogen) atoms. The SMILES string of the molecule is CCOc1cc(CN(c2ncc(OCC#N)cn2)C2CCNCC2)cc(OCC)c1Cl. The summed E-state index contributed by atoms with van der Waals surface area (Å²) >= 11 is 6.47. The van der Waals surface area contributed by atoms with Crippen molar-refractivity contribution in [1.29, 1.82) is 5.26 Å². The monoisotopic (exact) mass is 445 g/mol. The number of nitrogens with one attached hydrogen (secondary N) is 1. The van der Waals surface area contributed by atoms with E-state index < -0.39 is 0 Å². The molecule has 0 saturated carbocycles. The number of hydrogen-bond acceptors (Lipinski definition) is 8. The van der Waals surface area contributed by atoms with Crippen LogP contribution < -0.4 is 24.4 Å². The van der Waals surface area contributed by atoms with Crippen LogP contribution in [0.15, 0.2) is 24.5 Å². The molecule has 0 amide bonds. The van der Waals surface area contributed by atoms with Crippen LogP contribution in [0.5, 0.6) is 17.2 Å². The van der Waals surface area contributed by atoms with Gasteiger partial charge < -0.3 is 24.4 Å². The Hall–Kier alpha value is -2.76. The van der Waals surface area contributed by atoms with E-state index in [1.165, 1.54) is 0 Å². The maximum atomic E-state index is 8.69. The smallest absolute Gasteiger partial charge is 0.226 e. The lowest BCUT2D eigenvalue weighted by Crippen LogP contribution is -2.43. The van der Waals surface area contributed by atoms with Crippen LogP contribution in [0.1, 0.15) is 32.3 Å².